The van der Waals surface area contributed by atoms with Crippen molar-refractivity contribution in [3.8, 4) is 5.75 Å². The van der Waals surface area contributed by atoms with Crippen molar-refractivity contribution in [2.45, 2.75) is 27.4 Å². The summed E-state index contributed by atoms with van der Waals surface area (Å²) in [6.45, 7) is 6.17. The minimum atomic E-state index is 0.0246. The van der Waals surface area contributed by atoms with Gasteiger partial charge in [0.25, 0.3) is 0 Å². The molecule has 19 heavy (non-hydrogen) atoms. The Labute approximate surface area is 114 Å². The largest absolute Gasteiger partial charge is 0.488 e. The third-order valence-corrected chi connectivity index (χ3v) is 3.15. The van der Waals surface area contributed by atoms with E-state index in [2.05, 4.69) is 32.0 Å². The van der Waals surface area contributed by atoms with Gasteiger partial charge in [0.15, 0.2) is 5.78 Å². The van der Waals surface area contributed by atoms with Gasteiger partial charge < -0.3 is 4.74 Å². The van der Waals surface area contributed by atoms with Crippen molar-refractivity contribution in [1.82, 2.24) is 0 Å². The molecule has 0 saturated carbocycles. The van der Waals surface area contributed by atoms with E-state index < -0.39 is 0 Å². The average molecular weight is 254 g/mol. The predicted molar refractivity (Wildman–Crippen MR) is 76.7 cm³/mol. The summed E-state index contributed by atoms with van der Waals surface area (Å²) < 4.78 is 5.80. The van der Waals surface area contributed by atoms with Crippen LogP contribution in [-0.2, 0) is 6.61 Å². The van der Waals surface area contributed by atoms with Crippen LogP contribution in [0.1, 0.15) is 34.0 Å². The van der Waals surface area contributed by atoms with Crippen molar-refractivity contribution >= 4 is 5.78 Å². The highest BCUT2D eigenvalue weighted by atomic mass is 16.5. The van der Waals surface area contributed by atoms with Gasteiger partial charge in [-0.2, -0.15) is 0 Å². The lowest BCUT2D eigenvalue weighted by Crippen LogP contribution is -2.02. The number of para-hydroxylation sites is 1. The van der Waals surface area contributed by atoms with Gasteiger partial charge in [-0.15, -0.1) is 0 Å². The highest BCUT2D eigenvalue weighted by Crippen LogP contribution is 2.21. The molecular formula is C17H18O2. The third-order valence-electron chi connectivity index (χ3n) is 3.15. The van der Waals surface area contributed by atoms with Crippen LogP contribution in [0, 0.1) is 13.8 Å². The molecule has 0 aromatic heterocycles. The summed E-state index contributed by atoms with van der Waals surface area (Å²) in [5, 5.41) is 0. The molecule has 0 aliphatic carbocycles. The summed E-state index contributed by atoms with van der Waals surface area (Å²) in [7, 11) is 0. The molecule has 2 heteroatoms. The molecule has 0 unspecified atom stereocenters. The van der Waals surface area contributed by atoms with E-state index in [4.69, 9.17) is 4.74 Å². The summed E-state index contributed by atoms with van der Waals surface area (Å²) in [5.74, 6) is 0.674. The lowest BCUT2D eigenvalue weighted by Gasteiger charge is -2.11. The van der Waals surface area contributed by atoms with Gasteiger partial charge in [-0.05, 0) is 44.0 Å². The standard InChI is InChI=1S/C17H18O2/c1-12-8-9-13(2)15(10-12)11-19-17-7-5-4-6-16(17)14(3)18/h4-10H,11H2,1-3H3. The van der Waals surface area contributed by atoms with Crippen molar-refractivity contribution in [3.63, 3.8) is 0 Å². The van der Waals surface area contributed by atoms with E-state index in [0.29, 0.717) is 17.9 Å². The minimum Gasteiger partial charge on any atom is -0.488 e. The van der Waals surface area contributed by atoms with E-state index in [-0.39, 0.29) is 5.78 Å². The Morgan fingerprint density at radius 2 is 1.84 bits per heavy atom. The molecule has 0 aliphatic rings. The fourth-order valence-electron chi connectivity index (χ4n) is 1.99. The molecule has 0 bridgehead atoms. The Morgan fingerprint density at radius 1 is 1.11 bits per heavy atom. The van der Waals surface area contributed by atoms with Crippen LogP contribution in [0.4, 0.5) is 0 Å². The van der Waals surface area contributed by atoms with Gasteiger partial charge in [0.1, 0.15) is 12.4 Å². The smallest absolute Gasteiger partial charge is 0.163 e. The van der Waals surface area contributed by atoms with E-state index in [1.807, 2.05) is 18.2 Å². The van der Waals surface area contributed by atoms with Crippen LogP contribution in [-0.4, -0.2) is 5.78 Å². The number of rotatable bonds is 4. The summed E-state index contributed by atoms with van der Waals surface area (Å²) in [6.07, 6.45) is 0. The van der Waals surface area contributed by atoms with Crippen LogP contribution in [0.2, 0.25) is 0 Å². The summed E-state index contributed by atoms with van der Waals surface area (Å²) in [6, 6.07) is 13.6. The fourth-order valence-corrected chi connectivity index (χ4v) is 1.99. The quantitative estimate of drug-likeness (QED) is 0.768. The number of ketones is 1. The third kappa shape index (κ3) is 3.22. The molecule has 2 aromatic rings. The number of hydrogen-bond donors (Lipinski definition) is 0. The first-order valence-corrected chi connectivity index (χ1v) is 6.37. The number of carbonyl (C=O) groups excluding carboxylic acids is 1. The van der Waals surface area contributed by atoms with Crippen molar-refractivity contribution in [3.05, 3.63) is 64.7 Å². The number of ether oxygens (including phenoxy) is 1. The maximum absolute atomic E-state index is 11.5. The minimum absolute atomic E-state index is 0.0246. The second-order valence-corrected chi connectivity index (χ2v) is 4.77. The second-order valence-electron chi connectivity index (χ2n) is 4.77. The summed E-state index contributed by atoms with van der Waals surface area (Å²) in [4.78, 5) is 11.5. The number of Topliss-reactive ketones (excluding diaryl/α,β-unsaturated/α-hetero) is 1. The first-order chi connectivity index (χ1) is 9.08. The zero-order chi connectivity index (χ0) is 13.8. The molecule has 0 atom stereocenters. The topological polar surface area (TPSA) is 26.3 Å². The fraction of sp³-hybridized carbons (Fsp3) is 0.235. The first-order valence-electron chi connectivity index (χ1n) is 6.37. The highest BCUT2D eigenvalue weighted by molar-refractivity contribution is 5.96. The molecule has 0 N–H and O–H groups in total. The molecule has 2 aromatic carbocycles. The number of hydrogen-bond acceptors (Lipinski definition) is 2. The van der Waals surface area contributed by atoms with E-state index in [0.717, 1.165) is 5.56 Å². The van der Waals surface area contributed by atoms with Crippen molar-refractivity contribution in [1.29, 1.82) is 0 Å². The average Bonchev–Trinajstić information content (AvgIpc) is 2.40. The lowest BCUT2D eigenvalue weighted by atomic mass is 10.1. The molecule has 2 nitrogen and oxygen atoms in total. The first kappa shape index (κ1) is 13.3. The van der Waals surface area contributed by atoms with Gasteiger partial charge in [-0.1, -0.05) is 35.9 Å². The Balaban J connectivity index is 2.19. The number of aryl methyl sites for hydroxylation is 2. The molecule has 0 radical (unpaired) electrons. The molecule has 0 spiro atoms. The predicted octanol–water partition coefficient (Wildman–Crippen LogP) is 4.09. The Kier molecular flexibility index (Phi) is 4.00. The second kappa shape index (κ2) is 5.70. The van der Waals surface area contributed by atoms with Crippen molar-refractivity contribution in [2.24, 2.45) is 0 Å². The van der Waals surface area contributed by atoms with E-state index in [1.54, 1.807) is 13.0 Å². The monoisotopic (exact) mass is 254 g/mol. The molecule has 0 fully saturated rings. The maximum atomic E-state index is 11.5. The van der Waals surface area contributed by atoms with Crippen LogP contribution in [0.3, 0.4) is 0 Å². The van der Waals surface area contributed by atoms with Crippen LogP contribution >= 0.6 is 0 Å². The Bertz CT molecular complexity index is 600. The molecule has 0 amide bonds. The van der Waals surface area contributed by atoms with Crippen LogP contribution in [0.15, 0.2) is 42.5 Å². The van der Waals surface area contributed by atoms with E-state index in [1.165, 1.54) is 11.1 Å². The van der Waals surface area contributed by atoms with Crippen molar-refractivity contribution < 1.29 is 9.53 Å². The molecular weight excluding hydrogens is 236 g/mol. The van der Waals surface area contributed by atoms with Gasteiger partial charge in [0.05, 0.1) is 5.56 Å². The van der Waals surface area contributed by atoms with Crippen LogP contribution in [0.5, 0.6) is 5.75 Å². The number of benzene rings is 2. The normalized spacial score (nSPS) is 10.3. The Morgan fingerprint density at radius 3 is 2.58 bits per heavy atom. The molecule has 2 rings (SSSR count). The van der Waals surface area contributed by atoms with Gasteiger partial charge in [0, 0.05) is 0 Å². The van der Waals surface area contributed by atoms with Gasteiger partial charge >= 0.3 is 0 Å². The molecule has 98 valence electrons. The zero-order valence-corrected chi connectivity index (χ0v) is 11.6. The van der Waals surface area contributed by atoms with Crippen LogP contribution < -0.4 is 4.74 Å². The van der Waals surface area contributed by atoms with E-state index >= 15 is 0 Å². The highest BCUT2D eigenvalue weighted by Gasteiger charge is 2.08. The Hall–Kier alpha value is -2.09. The maximum Gasteiger partial charge on any atom is 0.163 e. The van der Waals surface area contributed by atoms with Gasteiger partial charge in [0.2, 0.25) is 0 Å². The summed E-state index contributed by atoms with van der Waals surface area (Å²) in [5.41, 5.74) is 4.20. The molecule has 0 heterocycles. The van der Waals surface area contributed by atoms with Gasteiger partial charge in [-0.3, -0.25) is 4.79 Å². The zero-order valence-electron chi connectivity index (χ0n) is 11.6. The van der Waals surface area contributed by atoms with E-state index in [9.17, 15) is 4.79 Å². The lowest BCUT2D eigenvalue weighted by molar-refractivity contribution is 0.101. The summed E-state index contributed by atoms with van der Waals surface area (Å²) >= 11 is 0. The van der Waals surface area contributed by atoms with Crippen molar-refractivity contribution in [2.75, 3.05) is 0 Å². The SMILES string of the molecule is CC(=O)c1ccccc1OCc1cc(C)ccc1C. The molecule has 0 aliphatic heterocycles. The van der Waals surface area contributed by atoms with Gasteiger partial charge in [-0.25, -0.2) is 0 Å². The van der Waals surface area contributed by atoms with Crippen LogP contribution in [0.25, 0.3) is 0 Å². The number of carbonyl (C=O) groups is 1. The molecule has 0 saturated heterocycles.